The van der Waals surface area contributed by atoms with E-state index < -0.39 is 0 Å². The number of pyridine rings is 1. The average Bonchev–Trinajstić information content (AvgIpc) is 2.37. The van der Waals surface area contributed by atoms with Crippen LogP contribution >= 0.6 is 0 Å². The quantitative estimate of drug-likeness (QED) is 0.799. The number of hydrogen-bond acceptors (Lipinski definition) is 4. The number of rotatable bonds is 7. The van der Waals surface area contributed by atoms with E-state index in [4.69, 9.17) is 0 Å². The highest BCUT2D eigenvalue weighted by atomic mass is 16.3. The van der Waals surface area contributed by atoms with Crippen molar-refractivity contribution in [3.63, 3.8) is 0 Å². The van der Waals surface area contributed by atoms with E-state index in [0.717, 1.165) is 38.4 Å². The van der Waals surface area contributed by atoms with Gasteiger partial charge in [0.1, 0.15) is 0 Å². The molecular weight excluding hydrogens is 242 g/mol. The molecule has 108 valence electrons. The van der Waals surface area contributed by atoms with Gasteiger partial charge in [-0.05, 0) is 27.2 Å². The van der Waals surface area contributed by atoms with Crippen molar-refractivity contribution in [2.24, 2.45) is 0 Å². The highest BCUT2D eigenvalue weighted by molar-refractivity contribution is 5.20. The molecule has 0 fully saturated rings. The maximum absolute atomic E-state index is 11.6. The van der Waals surface area contributed by atoms with Crippen molar-refractivity contribution < 1.29 is 5.11 Å². The summed E-state index contributed by atoms with van der Waals surface area (Å²) in [5.74, 6) is -0.179. The minimum atomic E-state index is -0.303. The Hall–Kier alpha value is -1.33. The summed E-state index contributed by atoms with van der Waals surface area (Å²) in [7, 11) is 4.01. The summed E-state index contributed by atoms with van der Waals surface area (Å²) in [6, 6.07) is 1.54. The highest BCUT2D eigenvalue weighted by Crippen LogP contribution is 2.08. The molecule has 0 radical (unpaired) electrons. The van der Waals surface area contributed by atoms with E-state index in [1.807, 2.05) is 18.7 Å². The molecule has 5 nitrogen and oxygen atoms in total. The monoisotopic (exact) mass is 267 g/mol. The van der Waals surface area contributed by atoms with Gasteiger partial charge in [0.25, 0.3) is 0 Å². The van der Waals surface area contributed by atoms with Crippen LogP contribution in [-0.4, -0.2) is 53.2 Å². The van der Waals surface area contributed by atoms with Gasteiger partial charge in [-0.2, -0.15) is 0 Å². The van der Waals surface area contributed by atoms with Gasteiger partial charge < -0.3 is 14.6 Å². The Labute approximate surface area is 115 Å². The predicted molar refractivity (Wildman–Crippen MR) is 77.5 cm³/mol. The molecule has 1 aromatic rings. The Morgan fingerprint density at radius 2 is 1.89 bits per heavy atom. The molecular formula is C14H25N3O2. The summed E-state index contributed by atoms with van der Waals surface area (Å²) >= 11 is 0. The molecule has 19 heavy (non-hydrogen) atoms. The van der Waals surface area contributed by atoms with Crippen LogP contribution in [0.5, 0.6) is 5.75 Å². The molecule has 0 saturated carbocycles. The molecule has 0 unspecified atom stereocenters. The Morgan fingerprint density at radius 1 is 1.26 bits per heavy atom. The molecule has 5 heteroatoms. The van der Waals surface area contributed by atoms with Gasteiger partial charge in [-0.3, -0.25) is 9.69 Å². The molecule has 0 aliphatic carbocycles. The summed E-state index contributed by atoms with van der Waals surface area (Å²) in [4.78, 5) is 15.9. The molecule has 1 aromatic heterocycles. The minimum Gasteiger partial charge on any atom is -0.503 e. The molecule has 0 atom stereocenters. The Bertz CT molecular complexity index is 450. The second-order valence-electron chi connectivity index (χ2n) is 4.97. The van der Waals surface area contributed by atoms with Gasteiger partial charge >= 0.3 is 0 Å². The number of aromatic hydroxyl groups is 1. The fourth-order valence-corrected chi connectivity index (χ4v) is 1.93. The largest absolute Gasteiger partial charge is 0.503 e. The maximum Gasteiger partial charge on any atom is 0.223 e. The van der Waals surface area contributed by atoms with Crippen LogP contribution in [0.3, 0.4) is 0 Å². The molecule has 1 rings (SSSR count). The standard InChI is InChI=1S/C14H25N3O2/c1-5-16(6-2)10-12-9-13(18)14(19)11-17(12)8-7-15(3)4/h9,11,19H,5-8,10H2,1-4H3. The molecule has 1 N–H and O–H groups in total. The molecule has 1 heterocycles. The predicted octanol–water partition coefficient (Wildman–Crippen LogP) is 0.957. The molecule has 0 aromatic carbocycles. The van der Waals surface area contributed by atoms with Crippen LogP contribution in [0.1, 0.15) is 19.5 Å². The van der Waals surface area contributed by atoms with Crippen LogP contribution in [0.4, 0.5) is 0 Å². The van der Waals surface area contributed by atoms with Gasteiger partial charge in [-0.25, -0.2) is 0 Å². The third kappa shape index (κ3) is 4.69. The smallest absolute Gasteiger partial charge is 0.223 e. The lowest BCUT2D eigenvalue weighted by atomic mass is 10.3. The highest BCUT2D eigenvalue weighted by Gasteiger charge is 2.09. The normalized spacial score (nSPS) is 11.5. The lowest BCUT2D eigenvalue weighted by molar-refractivity contribution is 0.282. The van der Waals surface area contributed by atoms with Gasteiger partial charge in [0.2, 0.25) is 5.43 Å². The Morgan fingerprint density at radius 3 is 2.42 bits per heavy atom. The third-order valence-corrected chi connectivity index (χ3v) is 3.27. The van der Waals surface area contributed by atoms with Crippen LogP contribution in [0.15, 0.2) is 17.1 Å². The van der Waals surface area contributed by atoms with Crippen molar-refractivity contribution in [1.82, 2.24) is 14.4 Å². The van der Waals surface area contributed by atoms with Gasteiger partial charge in [-0.15, -0.1) is 0 Å². The molecule has 0 saturated heterocycles. The summed E-state index contributed by atoms with van der Waals surface area (Å²) in [5.41, 5.74) is 0.650. The van der Waals surface area contributed by atoms with Gasteiger partial charge in [0, 0.05) is 31.4 Å². The fourth-order valence-electron chi connectivity index (χ4n) is 1.93. The van der Waals surface area contributed by atoms with E-state index in [9.17, 15) is 9.90 Å². The van der Waals surface area contributed by atoms with Crippen LogP contribution in [-0.2, 0) is 13.1 Å². The van der Waals surface area contributed by atoms with Crippen molar-refractivity contribution in [1.29, 1.82) is 0 Å². The number of aromatic nitrogens is 1. The van der Waals surface area contributed by atoms with E-state index in [1.165, 1.54) is 0 Å². The van der Waals surface area contributed by atoms with Gasteiger partial charge in [0.15, 0.2) is 5.75 Å². The van der Waals surface area contributed by atoms with Crippen LogP contribution in [0, 0.1) is 0 Å². The molecule has 0 spiro atoms. The topological polar surface area (TPSA) is 48.7 Å². The molecule has 0 amide bonds. The van der Waals surface area contributed by atoms with Crippen molar-refractivity contribution in [2.45, 2.75) is 26.9 Å². The van der Waals surface area contributed by atoms with Crippen molar-refractivity contribution >= 4 is 0 Å². The Kier molecular flexibility index (Phi) is 6.05. The number of nitrogens with zero attached hydrogens (tertiary/aromatic N) is 3. The van der Waals surface area contributed by atoms with E-state index >= 15 is 0 Å². The van der Waals surface area contributed by atoms with E-state index in [-0.39, 0.29) is 11.2 Å². The van der Waals surface area contributed by atoms with Crippen molar-refractivity contribution in [2.75, 3.05) is 33.7 Å². The molecule has 0 bridgehead atoms. The molecule has 0 aliphatic heterocycles. The van der Waals surface area contributed by atoms with E-state index in [0.29, 0.717) is 0 Å². The van der Waals surface area contributed by atoms with Crippen LogP contribution in [0.25, 0.3) is 0 Å². The molecule has 0 aliphatic rings. The van der Waals surface area contributed by atoms with Gasteiger partial charge in [-0.1, -0.05) is 13.8 Å². The fraction of sp³-hybridized carbons (Fsp3) is 0.643. The first-order chi connectivity index (χ1) is 8.97. The Balaban J connectivity index is 2.98. The zero-order valence-electron chi connectivity index (χ0n) is 12.4. The minimum absolute atomic E-state index is 0.179. The second kappa shape index (κ2) is 7.31. The SMILES string of the molecule is CCN(CC)Cc1cc(=O)c(O)cn1CCN(C)C. The first kappa shape index (κ1) is 15.7. The van der Waals surface area contributed by atoms with Crippen LogP contribution < -0.4 is 5.43 Å². The summed E-state index contributed by atoms with van der Waals surface area (Å²) in [6.45, 7) is 8.46. The zero-order valence-corrected chi connectivity index (χ0v) is 12.4. The summed E-state index contributed by atoms with van der Waals surface area (Å²) in [5, 5.41) is 9.58. The van der Waals surface area contributed by atoms with E-state index in [2.05, 4.69) is 23.6 Å². The van der Waals surface area contributed by atoms with Gasteiger partial charge in [0.05, 0.1) is 6.20 Å². The number of hydrogen-bond donors (Lipinski definition) is 1. The third-order valence-electron chi connectivity index (χ3n) is 3.27. The van der Waals surface area contributed by atoms with Crippen molar-refractivity contribution in [3.05, 3.63) is 28.2 Å². The zero-order chi connectivity index (χ0) is 14.4. The van der Waals surface area contributed by atoms with Crippen LogP contribution in [0.2, 0.25) is 0 Å². The first-order valence-corrected chi connectivity index (χ1v) is 6.77. The lowest BCUT2D eigenvalue weighted by Gasteiger charge is -2.22. The number of likely N-dealkylation sites (N-methyl/N-ethyl adjacent to an activating group) is 1. The summed E-state index contributed by atoms with van der Waals surface area (Å²) in [6.07, 6.45) is 1.55. The van der Waals surface area contributed by atoms with E-state index in [1.54, 1.807) is 12.3 Å². The maximum atomic E-state index is 11.6. The van der Waals surface area contributed by atoms with Crippen molar-refractivity contribution in [3.8, 4) is 5.75 Å². The first-order valence-electron chi connectivity index (χ1n) is 6.77. The summed E-state index contributed by atoms with van der Waals surface area (Å²) < 4.78 is 1.97. The average molecular weight is 267 g/mol. The lowest BCUT2D eigenvalue weighted by Crippen LogP contribution is -2.27. The second-order valence-corrected chi connectivity index (χ2v) is 4.97.